The normalized spacial score (nSPS) is 29.3. The Labute approximate surface area is 107 Å². The molecule has 2 atom stereocenters. The molecule has 0 bridgehead atoms. The molecule has 2 rings (SSSR count). The number of halogens is 2. The van der Waals surface area contributed by atoms with Crippen molar-refractivity contribution in [1.29, 1.82) is 0 Å². The fraction of sp³-hybridized carbons (Fsp3) is 0.571. The molecule has 1 nitrogen and oxygen atoms in total. The van der Waals surface area contributed by atoms with Crippen LogP contribution in [0.2, 0.25) is 5.02 Å². The monoisotopic (exact) mass is 256 g/mol. The maximum Gasteiger partial charge on any atom is 0.141 e. The van der Waals surface area contributed by atoms with Crippen molar-refractivity contribution < 1.29 is 9.50 Å². The quantitative estimate of drug-likeness (QED) is 0.849. The maximum absolute atomic E-state index is 13.0. The Hall–Kier alpha value is -0.600. The highest BCUT2D eigenvalue weighted by Crippen LogP contribution is 2.35. The van der Waals surface area contributed by atoms with Crippen LogP contribution in [0.15, 0.2) is 18.2 Å². The molecule has 1 saturated carbocycles. The highest BCUT2D eigenvalue weighted by atomic mass is 35.5. The molecule has 0 saturated heterocycles. The van der Waals surface area contributed by atoms with Crippen LogP contribution >= 0.6 is 11.6 Å². The van der Waals surface area contributed by atoms with Gasteiger partial charge in [0.25, 0.3) is 0 Å². The molecule has 94 valence electrons. The minimum atomic E-state index is -0.640. The van der Waals surface area contributed by atoms with Crippen LogP contribution in [-0.4, -0.2) is 10.7 Å². The van der Waals surface area contributed by atoms with Gasteiger partial charge in [0.1, 0.15) is 5.82 Å². The summed E-state index contributed by atoms with van der Waals surface area (Å²) in [5.41, 5.74) is 0.270. The zero-order valence-electron chi connectivity index (χ0n) is 10.0. The summed E-state index contributed by atoms with van der Waals surface area (Å²) in [5.74, 6) is 0.157. The van der Waals surface area contributed by atoms with Gasteiger partial charge in [0.2, 0.25) is 0 Å². The van der Waals surface area contributed by atoms with Crippen molar-refractivity contribution in [3.63, 3.8) is 0 Å². The van der Waals surface area contributed by atoms with Gasteiger partial charge in [0, 0.05) is 6.42 Å². The van der Waals surface area contributed by atoms with Gasteiger partial charge in [-0.2, -0.15) is 0 Å². The summed E-state index contributed by atoms with van der Waals surface area (Å²) < 4.78 is 13.0. The van der Waals surface area contributed by atoms with Crippen LogP contribution in [0.5, 0.6) is 0 Å². The third-order valence-electron chi connectivity index (χ3n) is 3.58. The number of hydrogen-bond acceptors (Lipinski definition) is 1. The molecule has 0 radical (unpaired) electrons. The van der Waals surface area contributed by atoms with Gasteiger partial charge in [-0.1, -0.05) is 37.4 Å². The molecular formula is C14H18ClFO. The molecule has 1 aromatic rings. The molecule has 0 amide bonds. The number of rotatable bonds is 2. The average Bonchev–Trinajstić information content (AvgIpc) is 2.22. The van der Waals surface area contributed by atoms with E-state index in [2.05, 4.69) is 6.92 Å². The largest absolute Gasteiger partial charge is 0.390 e. The number of benzene rings is 1. The summed E-state index contributed by atoms with van der Waals surface area (Å²) in [6.07, 6.45) is 4.46. The second-order valence-electron chi connectivity index (χ2n) is 5.35. The molecule has 17 heavy (non-hydrogen) atoms. The topological polar surface area (TPSA) is 20.2 Å². The van der Waals surface area contributed by atoms with Crippen molar-refractivity contribution in [2.75, 3.05) is 0 Å². The summed E-state index contributed by atoms with van der Waals surface area (Å²) in [5, 5.41) is 10.7. The Balaban J connectivity index is 2.11. The zero-order chi connectivity index (χ0) is 12.5. The lowest BCUT2D eigenvalue weighted by Crippen LogP contribution is -2.36. The maximum atomic E-state index is 13.0. The van der Waals surface area contributed by atoms with Crippen LogP contribution in [0.3, 0.4) is 0 Å². The predicted octanol–water partition coefficient (Wildman–Crippen LogP) is 3.96. The van der Waals surface area contributed by atoms with Crippen molar-refractivity contribution in [3.05, 3.63) is 34.6 Å². The molecule has 3 heteroatoms. The van der Waals surface area contributed by atoms with Crippen LogP contribution < -0.4 is 0 Å². The number of hydrogen-bond donors (Lipinski definition) is 1. The number of aliphatic hydroxyl groups is 1. The Morgan fingerprint density at radius 3 is 2.94 bits per heavy atom. The van der Waals surface area contributed by atoms with E-state index in [9.17, 15) is 9.50 Å². The van der Waals surface area contributed by atoms with E-state index >= 15 is 0 Å². The Morgan fingerprint density at radius 1 is 1.53 bits per heavy atom. The van der Waals surface area contributed by atoms with Gasteiger partial charge in [0.05, 0.1) is 10.6 Å². The third-order valence-corrected chi connectivity index (χ3v) is 3.87. The summed E-state index contributed by atoms with van der Waals surface area (Å²) >= 11 is 5.75. The summed E-state index contributed by atoms with van der Waals surface area (Å²) in [7, 11) is 0. The third kappa shape index (κ3) is 3.20. The van der Waals surface area contributed by atoms with Gasteiger partial charge < -0.3 is 5.11 Å². The SMILES string of the molecule is CC1CCCC(O)(Cc2ccc(F)c(Cl)c2)C1. The second kappa shape index (κ2) is 4.95. The second-order valence-corrected chi connectivity index (χ2v) is 5.76. The van der Waals surface area contributed by atoms with Gasteiger partial charge in [-0.25, -0.2) is 4.39 Å². The fourth-order valence-electron chi connectivity index (χ4n) is 2.82. The van der Waals surface area contributed by atoms with Crippen molar-refractivity contribution >= 4 is 11.6 Å². The minimum Gasteiger partial charge on any atom is -0.390 e. The van der Waals surface area contributed by atoms with Gasteiger partial charge in [-0.05, 0) is 36.5 Å². The lowest BCUT2D eigenvalue weighted by atomic mass is 9.76. The van der Waals surface area contributed by atoms with Gasteiger partial charge in [-0.3, -0.25) is 0 Å². The van der Waals surface area contributed by atoms with E-state index in [-0.39, 0.29) is 5.02 Å². The Bertz CT molecular complexity index is 407. The standard InChI is InChI=1S/C14H18ClFO/c1-10-3-2-6-14(17,8-10)9-11-4-5-13(16)12(15)7-11/h4-5,7,10,17H,2-3,6,8-9H2,1H3. The van der Waals surface area contributed by atoms with Gasteiger partial charge in [0.15, 0.2) is 0 Å². The molecule has 1 aromatic carbocycles. The van der Waals surface area contributed by atoms with Crippen LogP contribution in [0.25, 0.3) is 0 Å². The predicted molar refractivity (Wildman–Crippen MR) is 67.7 cm³/mol. The van der Waals surface area contributed by atoms with Crippen LogP contribution in [-0.2, 0) is 6.42 Å². The first-order chi connectivity index (χ1) is 7.98. The van der Waals surface area contributed by atoms with Crippen LogP contribution in [0.1, 0.15) is 38.2 Å². The average molecular weight is 257 g/mol. The van der Waals surface area contributed by atoms with E-state index in [4.69, 9.17) is 11.6 Å². The molecule has 2 unspecified atom stereocenters. The smallest absolute Gasteiger partial charge is 0.141 e. The van der Waals surface area contributed by atoms with E-state index in [1.165, 1.54) is 12.5 Å². The lowest BCUT2D eigenvalue weighted by Gasteiger charge is -2.35. The Morgan fingerprint density at radius 2 is 2.29 bits per heavy atom. The van der Waals surface area contributed by atoms with E-state index in [1.54, 1.807) is 12.1 Å². The zero-order valence-corrected chi connectivity index (χ0v) is 10.8. The fourth-order valence-corrected chi connectivity index (χ4v) is 3.03. The van der Waals surface area contributed by atoms with Crippen LogP contribution in [0.4, 0.5) is 4.39 Å². The van der Waals surface area contributed by atoms with Crippen LogP contribution in [0, 0.1) is 11.7 Å². The van der Waals surface area contributed by atoms with Crippen molar-refractivity contribution in [1.82, 2.24) is 0 Å². The molecule has 0 heterocycles. The first-order valence-corrected chi connectivity index (χ1v) is 6.53. The van der Waals surface area contributed by atoms with Gasteiger partial charge >= 0.3 is 0 Å². The minimum absolute atomic E-state index is 0.134. The summed E-state index contributed by atoms with van der Waals surface area (Å²) in [6, 6.07) is 4.69. The lowest BCUT2D eigenvalue weighted by molar-refractivity contribution is -0.0123. The highest BCUT2D eigenvalue weighted by molar-refractivity contribution is 6.30. The van der Waals surface area contributed by atoms with E-state index < -0.39 is 11.4 Å². The molecular weight excluding hydrogens is 239 g/mol. The summed E-state index contributed by atoms with van der Waals surface area (Å²) in [6.45, 7) is 2.17. The van der Waals surface area contributed by atoms with Crippen molar-refractivity contribution in [2.24, 2.45) is 5.92 Å². The van der Waals surface area contributed by atoms with E-state index in [0.29, 0.717) is 12.3 Å². The molecule has 1 aliphatic carbocycles. The molecule has 0 aromatic heterocycles. The molecule has 1 fully saturated rings. The van der Waals surface area contributed by atoms with Gasteiger partial charge in [-0.15, -0.1) is 0 Å². The summed E-state index contributed by atoms with van der Waals surface area (Å²) in [4.78, 5) is 0. The van der Waals surface area contributed by atoms with E-state index in [1.807, 2.05) is 0 Å². The first kappa shape index (κ1) is 12.8. The highest BCUT2D eigenvalue weighted by Gasteiger charge is 2.32. The van der Waals surface area contributed by atoms with Crippen molar-refractivity contribution in [3.8, 4) is 0 Å². The van der Waals surface area contributed by atoms with E-state index in [0.717, 1.165) is 24.8 Å². The molecule has 0 spiro atoms. The molecule has 0 aliphatic heterocycles. The first-order valence-electron chi connectivity index (χ1n) is 6.15. The van der Waals surface area contributed by atoms with Crippen molar-refractivity contribution in [2.45, 2.75) is 44.6 Å². The molecule has 1 aliphatic rings. The molecule has 1 N–H and O–H groups in total. The Kier molecular flexibility index (Phi) is 3.74.